The van der Waals surface area contributed by atoms with Crippen LogP contribution in [-0.4, -0.2) is 144 Å². The van der Waals surface area contributed by atoms with E-state index >= 15 is 0 Å². The number of rotatable bonds is 21. The number of imide groups is 1. The maximum absolute atomic E-state index is 12.6. The number of carbonyl (C=O) groups excluding carboxylic acids is 3. The first-order valence-electron chi connectivity index (χ1n) is 22.8. The van der Waals surface area contributed by atoms with Crippen molar-refractivity contribution in [2.45, 2.75) is 83.3 Å². The summed E-state index contributed by atoms with van der Waals surface area (Å²) < 4.78 is 198. The highest BCUT2D eigenvalue weighted by Crippen LogP contribution is 2.54. The van der Waals surface area contributed by atoms with Crippen molar-refractivity contribution in [3.63, 3.8) is 0 Å². The molecule has 4 aromatic carbocycles. The molecule has 0 radical (unpaired) electrons. The number of ether oxygens (including phenoxy) is 2. The fraction of sp³-hybridized carbons (Fsp3) is 0.362. The van der Waals surface area contributed by atoms with E-state index < -0.39 is 105 Å². The Morgan fingerprint density at radius 3 is 1.80 bits per heavy atom. The zero-order chi connectivity index (χ0) is 56.1. The summed E-state index contributed by atoms with van der Waals surface area (Å²) in [6, 6.07) is 8.37. The Bertz CT molecular complexity index is 3810. The lowest BCUT2D eigenvalue weighted by molar-refractivity contribution is -0.442. The molecule has 0 aromatic heterocycles. The number of carbonyl (C=O) groups is 3. The number of hydrogen-bond acceptors (Lipinski definition) is 22. The molecular weight excluding hydrogens is 1100 g/mol. The smallest absolute Gasteiger partial charge is 0.335 e. The average Bonchev–Trinajstić information content (AvgIpc) is 3.84. The second-order valence-corrected chi connectivity index (χ2v) is 25.5. The summed E-state index contributed by atoms with van der Waals surface area (Å²) in [5.74, 6) is -3.11. The van der Waals surface area contributed by atoms with Crippen molar-refractivity contribution in [3.8, 4) is 0 Å². The van der Waals surface area contributed by atoms with Gasteiger partial charge in [0.25, 0.3) is 11.8 Å². The van der Waals surface area contributed by atoms with Gasteiger partial charge in [-0.25, -0.2) is 46.9 Å². The van der Waals surface area contributed by atoms with Crippen LogP contribution in [0.2, 0.25) is 0 Å². The Morgan fingerprint density at radius 2 is 1.26 bits per heavy atom. The summed E-state index contributed by atoms with van der Waals surface area (Å²) in [4.78, 5) is 38.9. The molecule has 29 heteroatoms. The summed E-state index contributed by atoms with van der Waals surface area (Å²) in [6.45, 7) is 4.83. The molecule has 76 heavy (non-hydrogen) atoms. The number of amides is 2. The number of hydroxylamine groups is 2. The van der Waals surface area contributed by atoms with Gasteiger partial charge >= 0.3 is 5.97 Å². The normalized spacial score (nSPS) is 18.9. The molecule has 410 valence electrons. The standard InChI is InChI=1S/C47H51N3O21S5/c1-46(2)39(48(20-23-70-21-17-43(53)71-50-41(51)15-16-42(50)52)35-13-11-31-33(44(35)46)25-29(73(57,58)59)27-37(31)75(63,64)65)9-6-5-7-10-40-47(3,18-8-24-72(54,55)56)45-34-26-30(74(60,61)62)28-38(76(66,67)68)32(34)12-14-36(45)49(40)19-22-69-4/h5-7,9-14,25-28H,8,15-24H2,1-4H3,(H4-,54,55,56,57,58,59,60,61,62,63,64,65,66,67,68)/p-4. The molecule has 24 nitrogen and oxygen atoms in total. The van der Waals surface area contributed by atoms with E-state index in [0.717, 1.165) is 12.1 Å². The highest BCUT2D eigenvalue weighted by molar-refractivity contribution is 7.87. The Kier molecular flexibility index (Phi) is 16.1. The molecule has 0 saturated carbocycles. The molecule has 7 rings (SSSR count). The van der Waals surface area contributed by atoms with E-state index in [1.165, 1.54) is 31.4 Å². The number of benzene rings is 4. The number of anilines is 1. The lowest BCUT2D eigenvalue weighted by atomic mass is 9.75. The van der Waals surface area contributed by atoms with Gasteiger partial charge in [-0.15, -0.1) is 5.06 Å². The number of methoxy groups -OCH3 is 1. The van der Waals surface area contributed by atoms with E-state index in [0.29, 0.717) is 45.5 Å². The maximum Gasteiger partial charge on any atom is 0.335 e. The molecule has 2 amide bonds. The molecule has 0 N–H and O–H groups in total. The number of allylic oxidation sites excluding steroid dienone is 6. The van der Waals surface area contributed by atoms with E-state index in [9.17, 15) is 79.2 Å². The van der Waals surface area contributed by atoms with Crippen LogP contribution < -0.4 is 4.90 Å². The monoisotopic (exact) mass is 1150 g/mol. The summed E-state index contributed by atoms with van der Waals surface area (Å²) in [5, 5.41) is -0.195. The van der Waals surface area contributed by atoms with E-state index in [1.807, 2.05) is 0 Å². The van der Waals surface area contributed by atoms with E-state index in [-0.39, 0.29) is 92.1 Å². The molecule has 3 aliphatic heterocycles. The molecule has 3 heterocycles. The van der Waals surface area contributed by atoms with Crippen molar-refractivity contribution in [3.05, 3.63) is 95.7 Å². The van der Waals surface area contributed by atoms with Gasteiger partial charge in [-0.1, -0.05) is 24.3 Å². The van der Waals surface area contributed by atoms with Crippen molar-refractivity contribution in [1.29, 1.82) is 0 Å². The van der Waals surface area contributed by atoms with E-state index in [1.54, 1.807) is 60.6 Å². The third-order valence-electron chi connectivity index (χ3n) is 13.2. The van der Waals surface area contributed by atoms with Gasteiger partial charge < -0.3 is 42.0 Å². The minimum Gasteiger partial charge on any atom is -0.748 e. The van der Waals surface area contributed by atoms with Gasteiger partial charge in [0.2, 0.25) is 5.69 Å². The van der Waals surface area contributed by atoms with Crippen LogP contribution >= 0.6 is 0 Å². The van der Waals surface area contributed by atoms with Gasteiger partial charge in [0, 0.05) is 72.1 Å². The summed E-state index contributed by atoms with van der Waals surface area (Å²) in [7, 11) is -24.8. The molecule has 0 spiro atoms. The second-order valence-electron chi connectivity index (χ2n) is 18.5. The Morgan fingerprint density at radius 1 is 0.697 bits per heavy atom. The summed E-state index contributed by atoms with van der Waals surface area (Å²) in [5.41, 5.74) is -0.525. The van der Waals surface area contributed by atoms with Gasteiger partial charge in [-0.05, 0) is 97.8 Å². The molecule has 1 saturated heterocycles. The second kappa shape index (κ2) is 21.2. The zero-order valence-corrected chi connectivity index (χ0v) is 44.8. The summed E-state index contributed by atoms with van der Waals surface area (Å²) >= 11 is 0. The van der Waals surface area contributed by atoms with Crippen LogP contribution in [-0.2, 0) is 90.1 Å². The maximum atomic E-state index is 12.6. The third kappa shape index (κ3) is 11.8. The van der Waals surface area contributed by atoms with Gasteiger partial charge in [-0.2, -0.15) is 4.58 Å². The molecule has 1 atom stereocenters. The van der Waals surface area contributed by atoms with E-state index in [4.69, 9.17) is 14.3 Å². The van der Waals surface area contributed by atoms with Crippen molar-refractivity contribution in [1.82, 2.24) is 5.06 Å². The van der Waals surface area contributed by atoms with Crippen molar-refractivity contribution >= 4 is 107 Å². The third-order valence-corrected chi connectivity index (χ3v) is 17.4. The molecular formula is C47H47N3O21S5-4. The molecule has 1 fully saturated rings. The minimum absolute atomic E-state index is 0.00258. The fourth-order valence-corrected chi connectivity index (χ4v) is 13.1. The van der Waals surface area contributed by atoms with Crippen molar-refractivity contribution in [2.75, 3.05) is 50.7 Å². The molecule has 1 unspecified atom stereocenters. The highest BCUT2D eigenvalue weighted by Gasteiger charge is 2.47. The predicted molar refractivity (Wildman–Crippen MR) is 262 cm³/mol. The highest BCUT2D eigenvalue weighted by atomic mass is 32.2. The Hall–Kier alpha value is -5.83. The first-order chi connectivity index (χ1) is 35.2. The lowest BCUT2D eigenvalue weighted by Crippen LogP contribution is -2.32. The van der Waals surface area contributed by atoms with Gasteiger partial charge in [0.1, 0.15) is 47.1 Å². The van der Waals surface area contributed by atoms with Gasteiger partial charge in [0.15, 0.2) is 12.3 Å². The van der Waals surface area contributed by atoms with Crippen LogP contribution in [0.1, 0.15) is 64.0 Å². The quantitative estimate of drug-likeness (QED) is 0.0380. The van der Waals surface area contributed by atoms with Crippen LogP contribution in [0.15, 0.2) is 104 Å². The first kappa shape index (κ1) is 57.9. The fourth-order valence-electron chi connectivity index (χ4n) is 9.94. The predicted octanol–water partition coefficient (Wildman–Crippen LogP) is 2.75. The zero-order valence-electron chi connectivity index (χ0n) is 40.7. The van der Waals surface area contributed by atoms with Crippen LogP contribution in [0.5, 0.6) is 0 Å². The van der Waals surface area contributed by atoms with Crippen LogP contribution in [0.4, 0.5) is 11.4 Å². The Labute approximate surface area is 437 Å². The van der Waals surface area contributed by atoms with Crippen LogP contribution in [0.25, 0.3) is 21.5 Å². The number of fused-ring (bicyclic) bond motifs is 6. The Balaban J connectivity index is 1.32. The largest absolute Gasteiger partial charge is 0.748 e. The van der Waals surface area contributed by atoms with Crippen LogP contribution in [0, 0.1) is 0 Å². The first-order valence-corrected chi connectivity index (χ1v) is 30.0. The van der Waals surface area contributed by atoms with Crippen molar-refractivity contribution in [2.24, 2.45) is 0 Å². The molecule has 4 aromatic rings. The van der Waals surface area contributed by atoms with Crippen LogP contribution in [0.3, 0.4) is 0 Å². The average molecular weight is 1150 g/mol. The van der Waals surface area contributed by atoms with Gasteiger partial charge in [0.05, 0.1) is 54.7 Å². The minimum atomic E-state index is -5.41. The SMILES string of the molecule is COCCN1C(=CC=CC=CC2=[N+](CCOCCC(=O)ON3C(=O)CCC3=O)c3ccc4c(S(=O)(=O)[O-])cc(S(=O)(=O)[O-])cc4c3C2(C)C)C(C)(CCCS(=O)(=O)[O-])c2c1ccc1c(S(=O)(=O)[O-])cc(S(=O)(=O)[O-])cc21. The topological polar surface area (TPSA) is 374 Å². The molecule has 0 aliphatic carbocycles. The molecule has 3 aliphatic rings. The number of nitrogens with zero attached hydrogens (tertiary/aromatic N) is 3. The van der Waals surface area contributed by atoms with E-state index in [2.05, 4.69) is 0 Å². The number of hydrogen-bond donors (Lipinski definition) is 0. The summed E-state index contributed by atoms with van der Waals surface area (Å²) in [6.07, 6.45) is 6.94. The van der Waals surface area contributed by atoms with Gasteiger partial charge in [-0.3, -0.25) is 9.59 Å². The molecule has 0 bridgehead atoms. The lowest BCUT2D eigenvalue weighted by Gasteiger charge is -2.31. The van der Waals surface area contributed by atoms with Crippen molar-refractivity contribution < 1.29 is 98.1 Å².